The van der Waals surface area contributed by atoms with Crippen LogP contribution in [0, 0.1) is 6.92 Å². The van der Waals surface area contributed by atoms with Crippen LogP contribution in [-0.2, 0) is 11.2 Å². The minimum atomic E-state index is -0.130. The van der Waals surface area contributed by atoms with Crippen LogP contribution in [0.15, 0.2) is 30.3 Å². The van der Waals surface area contributed by atoms with Crippen LogP contribution in [-0.4, -0.2) is 40.8 Å². The maximum absolute atomic E-state index is 12.6. The van der Waals surface area contributed by atoms with Gasteiger partial charge in [0.25, 0.3) is 5.91 Å². The molecule has 1 aromatic carbocycles. The van der Waals surface area contributed by atoms with E-state index in [2.05, 4.69) is 36.3 Å². The molecule has 1 aromatic heterocycles. The van der Waals surface area contributed by atoms with Gasteiger partial charge in [-0.15, -0.1) is 11.3 Å². The summed E-state index contributed by atoms with van der Waals surface area (Å²) >= 11 is 1.45. The summed E-state index contributed by atoms with van der Waals surface area (Å²) in [4.78, 5) is 31.8. The normalized spacial score (nSPS) is 17.2. The topological polar surface area (TPSA) is 62.3 Å². The number of benzene rings is 1. The molecule has 2 heterocycles. The Morgan fingerprint density at radius 3 is 2.73 bits per heavy atom. The molecule has 0 saturated carbocycles. The molecule has 0 unspecified atom stereocenters. The van der Waals surface area contributed by atoms with Crippen molar-refractivity contribution in [2.45, 2.75) is 45.6 Å². The Morgan fingerprint density at radius 1 is 1.35 bits per heavy atom. The first kappa shape index (κ1) is 18.6. The third-order valence-electron chi connectivity index (χ3n) is 4.58. The molecule has 0 aliphatic carbocycles. The Kier molecular flexibility index (Phi) is 5.71. The first-order chi connectivity index (χ1) is 12.4. The predicted molar refractivity (Wildman–Crippen MR) is 104 cm³/mol. The number of carbonyl (C=O) groups is 2. The van der Waals surface area contributed by atoms with Gasteiger partial charge in [-0.05, 0) is 18.9 Å². The molecule has 0 spiro atoms. The maximum Gasteiger partial charge on any atom is 0.263 e. The van der Waals surface area contributed by atoms with E-state index in [9.17, 15) is 9.59 Å². The monoisotopic (exact) mass is 371 g/mol. The van der Waals surface area contributed by atoms with Gasteiger partial charge in [0.2, 0.25) is 5.91 Å². The van der Waals surface area contributed by atoms with Crippen LogP contribution in [0.25, 0.3) is 0 Å². The van der Waals surface area contributed by atoms with Gasteiger partial charge in [-0.3, -0.25) is 9.59 Å². The number of thiazole rings is 1. The van der Waals surface area contributed by atoms with Crippen molar-refractivity contribution in [3.05, 3.63) is 51.5 Å². The van der Waals surface area contributed by atoms with Gasteiger partial charge in [-0.2, -0.15) is 0 Å². The van der Waals surface area contributed by atoms with Gasteiger partial charge < -0.3 is 10.2 Å². The number of rotatable bonds is 6. The molecule has 1 N–H and O–H groups in total. The number of amides is 2. The van der Waals surface area contributed by atoms with Crippen LogP contribution in [0.4, 0.5) is 0 Å². The zero-order chi connectivity index (χ0) is 18.7. The van der Waals surface area contributed by atoms with Gasteiger partial charge >= 0.3 is 0 Å². The molecule has 138 valence electrons. The van der Waals surface area contributed by atoms with Gasteiger partial charge in [-0.25, -0.2) is 4.98 Å². The molecule has 3 rings (SSSR count). The lowest BCUT2D eigenvalue weighted by Crippen LogP contribution is -2.37. The maximum atomic E-state index is 12.6. The molecule has 2 aromatic rings. The van der Waals surface area contributed by atoms with E-state index in [4.69, 9.17) is 0 Å². The van der Waals surface area contributed by atoms with Crippen molar-refractivity contribution >= 4 is 23.2 Å². The van der Waals surface area contributed by atoms with Crippen LogP contribution in [0.5, 0.6) is 0 Å². The fourth-order valence-corrected chi connectivity index (χ4v) is 4.09. The first-order valence-electron chi connectivity index (χ1n) is 9.04. The molecule has 1 fully saturated rings. The Hall–Kier alpha value is -2.21. The van der Waals surface area contributed by atoms with Crippen LogP contribution in [0.2, 0.25) is 0 Å². The Balaban J connectivity index is 1.56. The van der Waals surface area contributed by atoms with E-state index in [0.29, 0.717) is 30.3 Å². The highest BCUT2D eigenvalue weighted by molar-refractivity contribution is 7.13. The third-order valence-corrected chi connectivity index (χ3v) is 6.03. The van der Waals surface area contributed by atoms with E-state index in [0.717, 1.165) is 17.1 Å². The summed E-state index contributed by atoms with van der Waals surface area (Å²) in [5.74, 6) is 0.298. The summed E-state index contributed by atoms with van der Waals surface area (Å²) in [6, 6.07) is 10.0. The van der Waals surface area contributed by atoms with Crippen molar-refractivity contribution < 1.29 is 9.59 Å². The summed E-state index contributed by atoms with van der Waals surface area (Å²) in [6.45, 7) is 7.27. The molecule has 1 saturated heterocycles. The molecule has 0 radical (unpaired) electrons. The Bertz CT molecular complexity index is 786. The van der Waals surface area contributed by atoms with Crippen LogP contribution in [0.1, 0.15) is 52.1 Å². The van der Waals surface area contributed by atoms with Crippen LogP contribution < -0.4 is 5.32 Å². The largest absolute Gasteiger partial charge is 0.346 e. The number of aromatic nitrogens is 1. The molecule has 1 atom stereocenters. The van der Waals surface area contributed by atoms with Gasteiger partial charge in [0, 0.05) is 25.4 Å². The van der Waals surface area contributed by atoms with Gasteiger partial charge in [0.1, 0.15) is 4.88 Å². The third kappa shape index (κ3) is 4.30. The second kappa shape index (κ2) is 7.99. The fourth-order valence-electron chi connectivity index (χ4n) is 3.12. The number of hydrogen-bond donors (Lipinski definition) is 1. The zero-order valence-electron chi connectivity index (χ0n) is 15.5. The quantitative estimate of drug-likeness (QED) is 0.848. The highest BCUT2D eigenvalue weighted by Gasteiger charge is 2.31. The minimum Gasteiger partial charge on any atom is -0.346 e. The van der Waals surface area contributed by atoms with Crippen molar-refractivity contribution in [3.63, 3.8) is 0 Å². The number of aryl methyl sites for hydroxylation is 1. The van der Waals surface area contributed by atoms with E-state index in [1.54, 1.807) is 0 Å². The average Bonchev–Trinajstić information content (AvgIpc) is 3.16. The summed E-state index contributed by atoms with van der Waals surface area (Å²) < 4.78 is 0. The number of carbonyl (C=O) groups excluding carboxylic acids is 2. The number of likely N-dealkylation sites (tertiary alicyclic amines) is 1. The van der Waals surface area contributed by atoms with Crippen molar-refractivity contribution in [2.75, 3.05) is 13.1 Å². The summed E-state index contributed by atoms with van der Waals surface area (Å²) in [5.41, 5.74) is 1.98. The van der Waals surface area contributed by atoms with Crippen LogP contribution in [0.3, 0.4) is 0 Å². The highest BCUT2D eigenvalue weighted by Crippen LogP contribution is 2.25. The lowest BCUT2D eigenvalue weighted by atomic mass is 10.1. The van der Waals surface area contributed by atoms with E-state index in [1.807, 2.05) is 30.0 Å². The summed E-state index contributed by atoms with van der Waals surface area (Å²) in [7, 11) is 0. The summed E-state index contributed by atoms with van der Waals surface area (Å²) in [6.07, 6.45) is 1.20. The van der Waals surface area contributed by atoms with Crippen molar-refractivity contribution in [3.8, 4) is 0 Å². The lowest BCUT2D eigenvalue weighted by Gasteiger charge is -2.17. The number of nitrogens with zero attached hydrogens (tertiary/aromatic N) is 2. The first-order valence-corrected chi connectivity index (χ1v) is 9.85. The second-order valence-electron chi connectivity index (χ2n) is 7.07. The number of hydrogen-bond acceptors (Lipinski definition) is 4. The van der Waals surface area contributed by atoms with E-state index < -0.39 is 0 Å². The molecule has 1 aliphatic rings. The minimum absolute atomic E-state index is 0.107. The van der Waals surface area contributed by atoms with Crippen molar-refractivity contribution in [2.24, 2.45) is 0 Å². The molecule has 5 nitrogen and oxygen atoms in total. The highest BCUT2D eigenvalue weighted by atomic mass is 32.1. The van der Waals surface area contributed by atoms with Crippen LogP contribution >= 0.6 is 11.3 Å². The van der Waals surface area contributed by atoms with Gasteiger partial charge in [-0.1, -0.05) is 44.2 Å². The Morgan fingerprint density at radius 2 is 2.08 bits per heavy atom. The molecule has 2 amide bonds. The zero-order valence-corrected chi connectivity index (χ0v) is 16.3. The predicted octanol–water partition coefficient (Wildman–Crippen LogP) is 3.15. The molecule has 0 bridgehead atoms. The van der Waals surface area contributed by atoms with E-state index in [-0.39, 0.29) is 17.9 Å². The lowest BCUT2D eigenvalue weighted by molar-refractivity contribution is -0.127. The molecule has 26 heavy (non-hydrogen) atoms. The number of nitrogens with one attached hydrogen (secondary N) is 1. The standard InChI is InChI=1S/C20H25N3O2S/c1-13(2)20-21-14(3)18(26-20)19(25)22-16-11-17(24)23(12-16)10-9-15-7-5-4-6-8-15/h4-8,13,16H,9-12H2,1-3H3,(H,22,25)/t16-/m1/s1. The Labute approximate surface area is 158 Å². The second-order valence-corrected chi connectivity index (χ2v) is 8.10. The molecule has 1 aliphatic heterocycles. The van der Waals surface area contributed by atoms with E-state index >= 15 is 0 Å². The SMILES string of the molecule is Cc1nc(C(C)C)sc1C(=O)N[C@@H]1CC(=O)N(CCc2ccccc2)C1. The average molecular weight is 372 g/mol. The summed E-state index contributed by atoms with van der Waals surface area (Å²) in [5, 5.41) is 3.99. The van der Waals surface area contributed by atoms with Crippen molar-refractivity contribution in [1.82, 2.24) is 15.2 Å². The van der Waals surface area contributed by atoms with Crippen molar-refractivity contribution in [1.29, 1.82) is 0 Å². The van der Waals surface area contributed by atoms with Gasteiger partial charge in [0.05, 0.1) is 16.7 Å². The smallest absolute Gasteiger partial charge is 0.263 e. The molecule has 6 heteroatoms. The molecular formula is C20H25N3O2S. The fraction of sp³-hybridized carbons (Fsp3) is 0.450. The van der Waals surface area contributed by atoms with Gasteiger partial charge in [0.15, 0.2) is 0 Å². The van der Waals surface area contributed by atoms with E-state index in [1.165, 1.54) is 16.9 Å². The molecular weight excluding hydrogens is 346 g/mol.